The Hall–Kier alpha value is -1.85. The van der Waals surface area contributed by atoms with Crippen LogP contribution in [0.3, 0.4) is 0 Å². The van der Waals surface area contributed by atoms with Crippen LogP contribution < -0.4 is 5.32 Å². The van der Waals surface area contributed by atoms with Gasteiger partial charge in [0.15, 0.2) is 0 Å². The topological polar surface area (TPSA) is 55.2 Å². The van der Waals surface area contributed by atoms with E-state index in [0.29, 0.717) is 16.3 Å². The van der Waals surface area contributed by atoms with E-state index in [2.05, 4.69) is 5.32 Å². The van der Waals surface area contributed by atoms with E-state index in [1.807, 2.05) is 0 Å². The van der Waals surface area contributed by atoms with Gasteiger partial charge < -0.3 is 5.32 Å². The fourth-order valence-corrected chi connectivity index (χ4v) is 2.14. The Morgan fingerprint density at radius 1 is 1.20 bits per heavy atom. The number of halogens is 3. The Labute approximate surface area is 124 Å². The first-order chi connectivity index (χ1) is 9.49. The number of hydrogen-bond acceptors (Lipinski definition) is 3. The van der Waals surface area contributed by atoms with E-state index in [0.717, 1.165) is 0 Å². The molecule has 0 unspecified atom stereocenters. The molecule has 20 heavy (non-hydrogen) atoms. The van der Waals surface area contributed by atoms with Gasteiger partial charge in [-0.25, -0.2) is 4.39 Å². The lowest BCUT2D eigenvalue weighted by molar-refractivity contribution is -0.384. The van der Waals surface area contributed by atoms with Crippen LogP contribution in [0, 0.1) is 15.9 Å². The van der Waals surface area contributed by atoms with Gasteiger partial charge in [-0.3, -0.25) is 10.1 Å². The highest BCUT2D eigenvalue weighted by atomic mass is 35.5. The summed E-state index contributed by atoms with van der Waals surface area (Å²) in [6.07, 6.45) is 0. The van der Waals surface area contributed by atoms with E-state index >= 15 is 0 Å². The Bertz CT molecular complexity index is 645. The van der Waals surface area contributed by atoms with E-state index in [-0.39, 0.29) is 17.3 Å². The molecule has 2 rings (SSSR count). The van der Waals surface area contributed by atoms with Crippen LogP contribution in [0.1, 0.15) is 5.56 Å². The van der Waals surface area contributed by atoms with E-state index in [9.17, 15) is 14.5 Å². The number of nitro groups is 1. The van der Waals surface area contributed by atoms with Gasteiger partial charge in [0, 0.05) is 28.9 Å². The quantitative estimate of drug-likeness (QED) is 0.660. The molecule has 0 heterocycles. The number of nitrogens with zero attached hydrogens (tertiary/aromatic N) is 1. The fraction of sp³-hybridized carbons (Fsp3) is 0.0769. The standard InChI is InChI=1S/C13H9Cl2FN2O2/c14-10-2-1-3-12(16)9(10)7-17-8-4-5-13(18(19)20)11(15)6-8/h1-6,17H,7H2. The van der Waals surface area contributed by atoms with Crippen molar-refractivity contribution in [1.29, 1.82) is 0 Å². The van der Waals surface area contributed by atoms with Crippen LogP contribution in [0.25, 0.3) is 0 Å². The predicted molar refractivity (Wildman–Crippen MR) is 76.8 cm³/mol. The minimum absolute atomic E-state index is 0.0135. The molecular weight excluding hydrogens is 306 g/mol. The van der Waals surface area contributed by atoms with Crippen molar-refractivity contribution in [1.82, 2.24) is 0 Å². The molecule has 0 bridgehead atoms. The first-order valence-corrected chi connectivity index (χ1v) is 6.35. The zero-order valence-electron chi connectivity index (χ0n) is 10.1. The van der Waals surface area contributed by atoms with Crippen molar-refractivity contribution in [2.45, 2.75) is 6.54 Å². The highest BCUT2D eigenvalue weighted by Gasteiger charge is 2.12. The number of benzene rings is 2. The van der Waals surface area contributed by atoms with E-state index < -0.39 is 10.7 Å². The molecule has 1 N–H and O–H groups in total. The van der Waals surface area contributed by atoms with Gasteiger partial charge in [0.2, 0.25) is 0 Å². The van der Waals surface area contributed by atoms with Gasteiger partial charge in [-0.15, -0.1) is 0 Å². The summed E-state index contributed by atoms with van der Waals surface area (Å²) in [5.41, 5.74) is 0.685. The van der Waals surface area contributed by atoms with Crippen LogP contribution >= 0.6 is 23.2 Å². The van der Waals surface area contributed by atoms with Crippen molar-refractivity contribution in [2.24, 2.45) is 0 Å². The molecule has 104 valence electrons. The highest BCUT2D eigenvalue weighted by Crippen LogP contribution is 2.28. The van der Waals surface area contributed by atoms with Crippen LogP contribution in [0.5, 0.6) is 0 Å². The lowest BCUT2D eigenvalue weighted by Gasteiger charge is -2.09. The molecule has 4 nitrogen and oxygen atoms in total. The fourth-order valence-electron chi connectivity index (χ4n) is 1.66. The van der Waals surface area contributed by atoms with Gasteiger partial charge in [0.25, 0.3) is 5.69 Å². The Kier molecular flexibility index (Phi) is 4.42. The summed E-state index contributed by atoms with van der Waals surface area (Å²) in [4.78, 5) is 10.1. The molecule has 0 saturated carbocycles. The molecule has 0 saturated heterocycles. The highest BCUT2D eigenvalue weighted by molar-refractivity contribution is 6.33. The summed E-state index contributed by atoms with van der Waals surface area (Å²) in [6, 6.07) is 8.61. The van der Waals surface area contributed by atoms with Gasteiger partial charge in [-0.2, -0.15) is 0 Å². The zero-order valence-corrected chi connectivity index (χ0v) is 11.6. The molecule has 2 aromatic rings. The average Bonchev–Trinajstić information content (AvgIpc) is 2.37. The van der Waals surface area contributed by atoms with E-state index in [4.69, 9.17) is 23.2 Å². The molecule has 0 aliphatic rings. The number of rotatable bonds is 4. The van der Waals surface area contributed by atoms with Crippen molar-refractivity contribution >= 4 is 34.6 Å². The SMILES string of the molecule is O=[N+]([O-])c1ccc(NCc2c(F)cccc2Cl)cc1Cl. The van der Waals surface area contributed by atoms with Gasteiger partial charge >= 0.3 is 0 Å². The summed E-state index contributed by atoms with van der Waals surface area (Å²) in [7, 11) is 0. The Balaban J connectivity index is 2.16. The minimum Gasteiger partial charge on any atom is -0.381 e. The number of anilines is 1. The number of nitro benzene ring substituents is 1. The van der Waals surface area contributed by atoms with Crippen molar-refractivity contribution in [2.75, 3.05) is 5.32 Å². The van der Waals surface area contributed by atoms with E-state index in [1.165, 1.54) is 30.3 Å². The molecular formula is C13H9Cl2FN2O2. The minimum atomic E-state index is -0.570. The maximum absolute atomic E-state index is 13.6. The summed E-state index contributed by atoms with van der Waals surface area (Å²) in [5.74, 6) is -0.419. The summed E-state index contributed by atoms with van der Waals surface area (Å²) in [5, 5.41) is 13.9. The molecule has 0 atom stereocenters. The van der Waals surface area contributed by atoms with Crippen LogP contribution in [0.2, 0.25) is 10.0 Å². The first-order valence-electron chi connectivity index (χ1n) is 5.59. The molecule has 0 aliphatic carbocycles. The van der Waals surface area contributed by atoms with Gasteiger partial charge in [-0.1, -0.05) is 29.3 Å². The monoisotopic (exact) mass is 314 g/mol. The molecule has 0 amide bonds. The van der Waals surface area contributed by atoms with Crippen molar-refractivity contribution in [3.8, 4) is 0 Å². The third kappa shape index (κ3) is 3.18. The second-order valence-corrected chi connectivity index (χ2v) is 4.79. The second-order valence-electron chi connectivity index (χ2n) is 3.98. The van der Waals surface area contributed by atoms with Crippen LogP contribution in [0.4, 0.5) is 15.8 Å². The molecule has 0 radical (unpaired) electrons. The third-order valence-corrected chi connectivity index (χ3v) is 3.33. The first kappa shape index (κ1) is 14.6. The summed E-state index contributed by atoms with van der Waals surface area (Å²) in [6.45, 7) is 0.152. The predicted octanol–water partition coefficient (Wildman–Crippen LogP) is 4.65. The molecule has 0 aromatic heterocycles. The zero-order chi connectivity index (χ0) is 14.7. The third-order valence-electron chi connectivity index (χ3n) is 2.68. The maximum atomic E-state index is 13.6. The van der Waals surface area contributed by atoms with E-state index in [1.54, 1.807) is 6.07 Å². The Morgan fingerprint density at radius 3 is 2.55 bits per heavy atom. The van der Waals surface area contributed by atoms with Crippen molar-refractivity contribution < 1.29 is 9.31 Å². The van der Waals surface area contributed by atoms with Gasteiger partial charge in [0.1, 0.15) is 10.8 Å². The lowest BCUT2D eigenvalue weighted by Crippen LogP contribution is -2.03. The summed E-state index contributed by atoms with van der Waals surface area (Å²) < 4.78 is 13.6. The largest absolute Gasteiger partial charge is 0.381 e. The molecule has 7 heteroatoms. The second kappa shape index (κ2) is 6.07. The van der Waals surface area contributed by atoms with Gasteiger partial charge in [0.05, 0.1) is 4.92 Å². The van der Waals surface area contributed by atoms with Gasteiger partial charge in [-0.05, 0) is 24.3 Å². The smallest absolute Gasteiger partial charge is 0.288 e. The molecule has 2 aromatic carbocycles. The van der Waals surface area contributed by atoms with Crippen molar-refractivity contribution in [3.05, 3.63) is 67.9 Å². The Morgan fingerprint density at radius 2 is 1.95 bits per heavy atom. The molecule has 0 aliphatic heterocycles. The normalized spacial score (nSPS) is 10.3. The number of nitrogens with one attached hydrogen (secondary N) is 1. The van der Waals surface area contributed by atoms with Crippen LogP contribution in [0.15, 0.2) is 36.4 Å². The summed E-state index contributed by atoms with van der Waals surface area (Å²) >= 11 is 11.7. The van der Waals surface area contributed by atoms with Crippen molar-refractivity contribution in [3.63, 3.8) is 0 Å². The average molecular weight is 315 g/mol. The van der Waals surface area contributed by atoms with Crippen LogP contribution in [-0.4, -0.2) is 4.92 Å². The molecule has 0 spiro atoms. The lowest BCUT2D eigenvalue weighted by atomic mass is 10.2. The maximum Gasteiger partial charge on any atom is 0.288 e. The number of hydrogen-bond donors (Lipinski definition) is 1. The molecule has 0 fully saturated rings. The van der Waals surface area contributed by atoms with Crippen LogP contribution in [-0.2, 0) is 6.54 Å².